The lowest BCUT2D eigenvalue weighted by Crippen LogP contribution is -2.33. The highest BCUT2D eigenvalue weighted by atomic mass is 32.1. The number of thiol groups is 1. The van der Waals surface area contributed by atoms with Crippen molar-refractivity contribution < 1.29 is 0 Å². The average molecular weight is 261 g/mol. The maximum absolute atomic E-state index is 4.34. The molecular weight excluding hydrogens is 230 g/mol. The van der Waals surface area contributed by atoms with Crippen LogP contribution in [0.5, 0.6) is 0 Å². The Balaban J connectivity index is 2.94. The summed E-state index contributed by atoms with van der Waals surface area (Å²) in [6.45, 7) is 13.1. The van der Waals surface area contributed by atoms with Gasteiger partial charge in [-0.05, 0) is 31.8 Å². The van der Waals surface area contributed by atoms with Crippen LogP contribution in [0, 0.1) is 5.92 Å². The summed E-state index contributed by atoms with van der Waals surface area (Å²) in [6, 6.07) is 0. The van der Waals surface area contributed by atoms with Gasteiger partial charge in [-0.2, -0.15) is 12.6 Å². The Morgan fingerprint density at radius 1 is 0.706 bits per heavy atom. The molecule has 0 aromatic carbocycles. The topological polar surface area (TPSA) is 36.1 Å². The zero-order valence-electron chi connectivity index (χ0n) is 11.8. The first-order chi connectivity index (χ1) is 8.13. The molecule has 1 unspecified atom stereocenters. The Bertz CT molecular complexity index is 136. The smallest absolute Gasteiger partial charge is 0.00772 e. The molecule has 0 aromatic rings. The number of rotatable bonds is 12. The molecule has 0 aliphatic rings. The molecule has 0 bridgehead atoms. The van der Waals surface area contributed by atoms with Gasteiger partial charge in [0.2, 0.25) is 0 Å². The first kappa shape index (κ1) is 17.2. The number of hydrogen-bond acceptors (Lipinski definition) is 4. The molecule has 0 amide bonds. The van der Waals surface area contributed by atoms with Crippen molar-refractivity contribution in [2.75, 3.05) is 39.3 Å². The Kier molecular flexibility index (Phi) is 12.9. The molecule has 1 atom stereocenters. The molecule has 0 rings (SSSR count). The summed E-state index contributed by atoms with van der Waals surface area (Å²) in [5, 5.41) is 10.8. The van der Waals surface area contributed by atoms with Gasteiger partial charge in [0, 0.05) is 31.4 Å². The molecule has 17 heavy (non-hydrogen) atoms. The minimum Gasteiger partial charge on any atom is -0.315 e. The van der Waals surface area contributed by atoms with Gasteiger partial charge in [-0.15, -0.1) is 0 Å². The summed E-state index contributed by atoms with van der Waals surface area (Å²) >= 11 is 4.34. The van der Waals surface area contributed by atoms with Crippen LogP contribution in [-0.4, -0.2) is 44.5 Å². The van der Waals surface area contributed by atoms with Crippen molar-refractivity contribution in [2.24, 2.45) is 5.92 Å². The maximum atomic E-state index is 4.34. The van der Waals surface area contributed by atoms with Crippen LogP contribution in [0.1, 0.15) is 33.6 Å². The van der Waals surface area contributed by atoms with Crippen molar-refractivity contribution in [1.29, 1.82) is 0 Å². The van der Waals surface area contributed by atoms with E-state index in [2.05, 4.69) is 49.4 Å². The SMILES string of the molecule is CC(C)CCNCCNCCNCCC(C)S. The van der Waals surface area contributed by atoms with Gasteiger partial charge in [-0.25, -0.2) is 0 Å². The van der Waals surface area contributed by atoms with Crippen LogP contribution in [0.25, 0.3) is 0 Å². The van der Waals surface area contributed by atoms with Crippen molar-refractivity contribution >= 4 is 12.6 Å². The van der Waals surface area contributed by atoms with Gasteiger partial charge in [0.15, 0.2) is 0 Å². The third-order valence-electron chi connectivity index (χ3n) is 2.59. The van der Waals surface area contributed by atoms with E-state index in [1.165, 1.54) is 6.42 Å². The lowest BCUT2D eigenvalue weighted by atomic mass is 10.1. The Morgan fingerprint density at radius 3 is 1.53 bits per heavy atom. The van der Waals surface area contributed by atoms with Crippen LogP contribution in [0.3, 0.4) is 0 Å². The zero-order valence-corrected chi connectivity index (χ0v) is 12.7. The number of nitrogens with one attached hydrogen (secondary N) is 3. The van der Waals surface area contributed by atoms with E-state index in [1.54, 1.807) is 0 Å². The van der Waals surface area contributed by atoms with E-state index < -0.39 is 0 Å². The minimum atomic E-state index is 0.501. The van der Waals surface area contributed by atoms with E-state index in [-0.39, 0.29) is 0 Å². The van der Waals surface area contributed by atoms with Crippen LogP contribution < -0.4 is 16.0 Å². The average Bonchev–Trinajstić information content (AvgIpc) is 2.25. The molecular formula is C13H31N3S. The van der Waals surface area contributed by atoms with E-state index in [1.807, 2.05) is 0 Å². The summed E-state index contributed by atoms with van der Waals surface area (Å²) in [6.07, 6.45) is 2.41. The van der Waals surface area contributed by atoms with Crippen molar-refractivity contribution in [2.45, 2.75) is 38.9 Å². The Labute approximate surface area is 113 Å². The molecule has 3 N–H and O–H groups in total. The highest BCUT2D eigenvalue weighted by molar-refractivity contribution is 7.80. The molecule has 4 heteroatoms. The first-order valence-corrected chi connectivity index (χ1v) is 7.44. The monoisotopic (exact) mass is 261 g/mol. The van der Waals surface area contributed by atoms with Gasteiger partial charge in [0.05, 0.1) is 0 Å². The normalized spacial score (nSPS) is 13.2. The second kappa shape index (κ2) is 12.7. The van der Waals surface area contributed by atoms with E-state index in [9.17, 15) is 0 Å². The highest BCUT2D eigenvalue weighted by Gasteiger charge is 1.94. The quantitative estimate of drug-likeness (QED) is 0.318. The zero-order chi connectivity index (χ0) is 12.9. The van der Waals surface area contributed by atoms with E-state index in [0.717, 1.165) is 51.6 Å². The molecule has 0 saturated heterocycles. The van der Waals surface area contributed by atoms with E-state index >= 15 is 0 Å². The third-order valence-corrected chi connectivity index (χ3v) is 2.85. The van der Waals surface area contributed by atoms with Crippen LogP contribution >= 0.6 is 12.6 Å². The van der Waals surface area contributed by atoms with Crippen LogP contribution in [-0.2, 0) is 0 Å². The second-order valence-corrected chi connectivity index (χ2v) is 5.95. The summed E-state index contributed by atoms with van der Waals surface area (Å²) in [5.41, 5.74) is 0. The second-order valence-electron chi connectivity index (χ2n) is 5.07. The summed E-state index contributed by atoms with van der Waals surface area (Å²) < 4.78 is 0. The molecule has 0 radical (unpaired) electrons. The van der Waals surface area contributed by atoms with Crippen LogP contribution in [0.15, 0.2) is 0 Å². The molecule has 0 spiro atoms. The van der Waals surface area contributed by atoms with Gasteiger partial charge >= 0.3 is 0 Å². The lowest BCUT2D eigenvalue weighted by molar-refractivity contribution is 0.523. The molecule has 104 valence electrons. The third kappa shape index (κ3) is 16.2. The fraction of sp³-hybridized carbons (Fsp3) is 1.00. The van der Waals surface area contributed by atoms with Crippen LogP contribution in [0.4, 0.5) is 0 Å². The first-order valence-electron chi connectivity index (χ1n) is 6.93. The van der Waals surface area contributed by atoms with E-state index in [0.29, 0.717) is 5.25 Å². The highest BCUT2D eigenvalue weighted by Crippen LogP contribution is 1.96. The van der Waals surface area contributed by atoms with Crippen LogP contribution in [0.2, 0.25) is 0 Å². The predicted octanol–water partition coefficient (Wildman–Crippen LogP) is 1.51. The molecule has 3 nitrogen and oxygen atoms in total. The van der Waals surface area contributed by atoms with Crippen molar-refractivity contribution in [3.8, 4) is 0 Å². The summed E-state index contributed by atoms with van der Waals surface area (Å²) in [4.78, 5) is 0. The van der Waals surface area contributed by atoms with Crippen molar-refractivity contribution in [3.05, 3.63) is 0 Å². The largest absolute Gasteiger partial charge is 0.315 e. The van der Waals surface area contributed by atoms with Gasteiger partial charge in [0.25, 0.3) is 0 Å². The molecule has 0 heterocycles. The van der Waals surface area contributed by atoms with Crippen molar-refractivity contribution in [1.82, 2.24) is 16.0 Å². The molecule has 0 aliphatic heterocycles. The fourth-order valence-electron chi connectivity index (χ4n) is 1.43. The Hall–Kier alpha value is 0.230. The molecule has 0 saturated carbocycles. The van der Waals surface area contributed by atoms with Gasteiger partial charge < -0.3 is 16.0 Å². The van der Waals surface area contributed by atoms with Crippen molar-refractivity contribution in [3.63, 3.8) is 0 Å². The molecule has 0 aromatic heterocycles. The molecule has 0 aliphatic carbocycles. The Morgan fingerprint density at radius 2 is 1.12 bits per heavy atom. The van der Waals surface area contributed by atoms with Gasteiger partial charge in [-0.3, -0.25) is 0 Å². The standard InChI is InChI=1S/C13H31N3S/c1-12(2)4-6-14-8-10-16-11-9-15-7-5-13(3)17/h12-17H,4-11H2,1-3H3. The molecule has 0 fully saturated rings. The van der Waals surface area contributed by atoms with Gasteiger partial charge in [0.1, 0.15) is 0 Å². The minimum absolute atomic E-state index is 0.501. The van der Waals surface area contributed by atoms with Gasteiger partial charge in [-0.1, -0.05) is 20.8 Å². The summed E-state index contributed by atoms with van der Waals surface area (Å²) in [5.74, 6) is 0.800. The maximum Gasteiger partial charge on any atom is 0.00772 e. The lowest BCUT2D eigenvalue weighted by Gasteiger charge is -2.09. The summed E-state index contributed by atoms with van der Waals surface area (Å²) in [7, 11) is 0. The van der Waals surface area contributed by atoms with E-state index in [4.69, 9.17) is 0 Å². The fourth-order valence-corrected chi connectivity index (χ4v) is 1.56. The predicted molar refractivity (Wildman–Crippen MR) is 81.1 cm³/mol. The number of hydrogen-bond donors (Lipinski definition) is 4.